The first-order chi connectivity index (χ1) is 11.2. The minimum atomic E-state index is -0.197. The zero-order valence-corrected chi connectivity index (χ0v) is 12.2. The molecule has 8 heteroatoms. The number of hydrogen-bond donors (Lipinski definition) is 0. The smallest absolute Gasteiger partial charge is 0.261 e. The van der Waals surface area contributed by atoms with Gasteiger partial charge >= 0.3 is 0 Å². The lowest BCUT2D eigenvalue weighted by Gasteiger charge is -2.38. The second-order valence-corrected chi connectivity index (χ2v) is 5.53. The summed E-state index contributed by atoms with van der Waals surface area (Å²) in [7, 11) is 0. The molecule has 4 rings (SSSR count). The summed E-state index contributed by atoms with van der Waals surface area (Å²) in [5.74, 6) is -0.0967. The quantitative estimate of drug-likeness (QED) is 0.683. The molecule has 0 radical (unpaired) electrons. The monoisotopic (exact) mass is 310 g/mol. The van der Waals surface area contributed by atoms with E-state index in [4.69, 9.17) is 0 Å². The zero-order chi connectivity index (χ0) is 15.8. The highest BCUT2D eigenvalue weighted by Crippen LogP contribution is 2.19. The summed E-state index contributed by atoms with van der Waals surface area (Å²) in [5.41, 5.74) is 0.439. The maximum absolute atomic E-state index is 12.4. The molecule has 1 aliphatic heterocycles. The van der Waals surface area contributed by atoms with Crippen molar-refractivity contribution in [2.24, 2.45) is 0 Å². The normalized spacial score (nSPS) is 14.9. The molecule has 1 saturated heterocycles. The number of fused-ring (bicyclic) bond motifs is 1. The lowest BCUT2D eigenvalue weighted by atomic mass is 10.1. The third-order valence-corrected chi connectivity index (χ3v) is 4.07. The van der Waals surface area contributed by atoms with E-state index in [1.165, 1.54) is 10.9 Å². The fourth-order valence-electron chi connectivity index (χ4n) is 2.70. The highest BCUT2D eigenvalue weighted by molar-refractivity contribution is 5.79. The van der Waals surface area contributed by atoms with Crippen molar-refractivity contribution in [3.63, 3.8) is 0 Å². The summed E-state index contributed by atoms with van der Waals surface area (Å²) >= 11 is 0. The molecule has 23 heavy (non-hydrogen) atoms. The van der Waals surface area contributed by atoms with E-state index >= 15 is 0 Å². The number of likely N-dealkylation sites (tertiary alicyclic amines) is 1. The molecule has 3 aromatic rings. The van der Waals surface area contributed by atoms with Crippen molar-refractivity contribution in [1.82, 2.24) is 29.4 Å². The van der Waals surface area contributed by atoms with Crippen molar-refractivity contribution in [3.05, 3.63) is 53.3 Å². The second kappa shape index (κ2) is 5.31. The molecular weight excluding hydrogens is 296 g/mol. The molecule has 8 nitrogen and oxygen atoms in total. The predicted molar refractivity (Wildman–Crippen MR) is 81.6 cm³/mol. The van der Waals surface area contributed by atoms with E-state index in [1.807, 2.05) is 6.07 Å². The second-order valence-electron chi connectivity index (χ2n) is 5.53. The SMILES string of the molecule is O=C(Cn1cnc2ccccc2c1=O)N1CC(n2ccnn2)C1. The molecule has 0 unspecified atom stereocenters. The van der Waals surface area contributed by atoms with E-state index in [2.05, 4.69) is 15.3 Å². The number of carbonyl (C=O) groups excluding carboxylic acids is 1. The van der Waals surface area contributed by atoms with Crippen LogP contribution in [0.1, 0.15) is 6.04 Å². The zero-order valence-electron chi connectivity index (χ0n) is 12.2. The Labute approximate surface area is 131 Å². The van der Waals surface area contributed by atoms with Crippen molar-refractivity contribution in [2.75, 3.05) is 13.1 Å². The van der Waals surface area contributed by atoms with E-state index in [0.29, 0.717) is 24.0 Å². The van der Waals surface area contributed by atoms with Gasteiger partial charge in [-0.1, -0.05) is 17.3 Å². The maximum Gasteiger partial charge on any atom is 0.261 e. The molecule has 3 heterocycles. The summed E-state index contributed by atoms with van der Waals surface area (Å²) in [6.07, 6.45) is 4.83. The molecular formula is C15H14N6O2. The van der Waals surface area contributed by atoms with Gasteiger partial charge < -0.3 is 4.90 Å². The molecule has 2 aromatic heterocycles. The van der Waals surface area contributed by atoms with E-state index < -0.39 is 0 Å². The number of nitrogens with zero attached hydrogens (tertiary/aromatic N) is 6. The van der Waals surface area contributed by atoms with Gasteiger partial charge in [0, 0.05) is 19.3 Å². The van der Waals surface area contributed by atoms with Crippen LogP contribution in [0, 0.1) is 0 Å². The molecule has 116 valence electrons. The van der Waals surface area contributed by atoms with Crippen LogP contribution in [0.4, 0.5) is 0 Å². The number of carbonyl (C=O) groups is 1. The molecule has 0 spiro atoms. The third-order valence-electron chi connectivity index (χ3n) is 4.07. The van der Waals surface area contributed by atoms with Crippen LogP contribution >= 0.6 is 0 Å². The fourth-order valence-corrected chi connectivity index (χ4v) is 2.70. The van der Waals surface area contributed by atoms with Gasteiger partial charge in [-0.2, -0.15) is 0 Å². The summed E-state index contributed by atoms with van der Waals surface area (Å²) < 4.78 is 3.10. The average Bonchev–Trinajstić information content (AvgIpc) is 3.03. The first-order valence-corrected chi connectivity index (χ1v) is 7.30. The Balaban J connectivity index is 1.48. The minimum Gasteiger partial charge on any atom is -0.337 e. The van der Waals surface area contributed by atoms with Crippen molar-refractivity contribution in [1.29, 1.82) is 0 Å². The first kappa shape index (κ1) is 13.6. The standard InChI is InChI=1S/C15H14N6O2/c22-14(19-7-11(8-19)21-6-5-17-18-21)9-20-10-16-13-4-2-1-3-12(13)15(20)23/h1-6,10-11H,7-9H2. The fraction of sp³-hybridized carbons (Fsp3) is 0.267. The van der Waals surface area contributed by atoms with Gasteiger partial charge in [0.25, 0.3) is 5.56 Å². The van der Waals surface area contributed by atoms with Crippen molar-refractivity contribution in [3.8, 4) is 0 Å². The molecule has 0 N–H and O–H groups in total. The minimum absolute atomic E-state index is 0.000739. The highest BCUT2D eigenvalue weighted by atomic mass is 16.2. The number of benzene rings is 1. The van der Waals surface area contributed by atoms with Gasteiger partial charge in [-0.15, -0.1) is 5.10 Å². The van der Waals surface area contributed by atoms with Crippen LogP contribution in [0.25, 0.3) is 10.9 Å². The summed E-state index contributed by atoms with van der Waals surface area (Å²) in [6.45, 7) is 1.16. The number of amides is 1. The Bertz CT molecular complexity index is 911. The molecule has 1 fully saturated rings. The Morgan fingerprint density at radius 2 is 2.09 bits per heavy atom. The van der Waals surface area contributed by atoms with Crippen LogP contribution in [0.3, 0.4) is 0 Å². The van der Waals surface area contributed by atoms with Crippen LogP contribution in [0.5, 0.6) is 0 Å². The van der Waals surface area contributed by atoms with E-state index in [9.17, 15) is 9.59 Å². The van der Waals surface area contributed by atoms with E-state index in [1.54, 1.807) is 40.2 Å². The summed E-state index contributed by atoms with van der Waals surface area (Å²) in [5, 5.41) is 8.21. The van der Waals surface area contributed by atoms with Gasteiger partial charge in [-0.05, 0) is 12.1 Å². The third kappa shape index (κ3) is 2.37. The van der Waals surface area contributed by atoms with Gasteiger partial charge in [-0.25, -0.2) is 9.67 Å². The van der Waals surface area contributed by atoms with Crippen LogP contribution in [0.2, 0.25) is 0 Å². The molecule has 1 amide bonds. The maximum atomic E-state index is 12.4. The number of rotatable bonds is 3. The molecule has 0 aliphatic carbocycles. The largest absolute Gasteiger partial charge is 0.337 e. The van der Waals surface area contributed by atoms with Gasteiger partial charge in [0.05, 0.1) is 29.5 Å². The average molecular weight is 310 g/mol. The Morgan fingerprint density at radius 1 is 1.26 bits per heavy atom. The van der Waals surface area contributed by atoms with Crippen molar-refractivity contribution in [2.45, 2.75) is 12.6 Å². The predicted octanol–water partition coefficient (Wildman–Crippen LogP) is 0.0715. The molecule has 0 saturated carbocycles. The lowest BCUT2D eigenvalue weighted by Crippen LogP contribution is -2.52. The lowest BCUT2D eigenvalue weighted by molar-refractivity contribution is -0.137. The van der Waals surface area contributed by atoms with Crippen molar-refractivity contribution >= 4 is 16.8 Å². The van der Waals surface area contributed by atoms with Crippen LogP contribution < -0.4 is 5.56 Å². The number of aromatic nitrogens is 5. The highest BCUT2D eigenvalue weighted by Gasteiger charge is 2.32. The first-order valence-electron chi connectivity index (χ1n) is 7.30. The Kier molecular flexibility index (Phi) is 3.14. The van der Waals surface area contributed by atoms with Gasteiger partial charge in [0.1, 0.15) is 6.54 Å². The number of hydrogen-bond acceptors (Lipinski definition) is 5. The summed E-state index contributed by atoms with van der Waals surface area (Å²) in [4.78, 5) is 30.6. The van der Waals surface area contributed by atoms with Crippen LogP contribution in [-0.4, -0.2) is 48.4 Å². The Hall–Kier alpha value is -3.03. The molecule has 0 atom stereocenters. The van der Waals surface area contributed by atoms with Gasteiger partial charge in [0.15, 0.2) is 0 Å². The van der Waals surface area contributed by atoms with Crippen LogP contribution in [0.15, 0.2) is 47.8 Å². The van der Waals surface area contributed by atoms with Gasteiger partial charge in [-0.3, -0.25) is 14.2 Å². The van der Waals surface area contributed by atoms with Crippen molar-refractivity contribution < 1.29 is 4.79 Å². The van der Waals surface area contributed by atoms with Gasteiger partial charge in [0.2, 0.25) is 5.91 Å². The molecule has 0 bridgehead atoms. The Morgan fingerprint density at radius 3 is 2.87 bits per heavy atom. The number of para-hydroxylation sites is 1. The molecule has 1 aromatic carbocycles. The summed E-state index contributed by atoms with van der Waals surface area (Å²) in [6, 6.07) is 7.27. The molecule has 1 aliphatic rings. The van der Waals surface area contributed by atoms with E-state index in [0.717, 1.165) is 0 Å². The van der Waals surface area contributed by atoms with E-state index in [-0.39, 0.29) is 24.1 Å². The van der Waals surface area contributed by atoms with Crippen LogP contribution in [-0.2, 0) is 11.3 Å². The topological polar surface area (TPSA) is 85.9 Å².